The number of oxime groups is 1. The van der Waals surface area contributed by atoms with Gasteiger partial charge in [-0.05, 0) is 19.3 Å². The molecule has 4 heteroatoms. The number of nitrogens with zero attached hydrogens (tertiary/aromatic N) is 1. The maximum absolute atomic E-state index is 10.8. The molecule has 0 saturated heterocycles. The molecule has 0 spiro atoms. The molecule has 1 aliphatic carbocycles. The molecule has 1 aliphatic heterocycles. The fraction of sp³-hybridized carbons (Fsp3) is 0.800. The Balaban J connectivity index is 2.07. The number of fused-ring (bicyclic) bond motifs is 1. The Morgan fingerprint density at radius 3 is 2.71 bits per heavy atom. The van der Waals surface area contributed by atoms with Crippen molar-refractivity contribution in [2.24, 2.45) is 11.1 Å². The molecular formula is C10H15NO3. The molecule has 4 nitrogen and oxygen atoms in total. The summed E-state index contributed by atoms with van der Waals surface area (Å²) in [4.78, 5) is 16.0. The van der Waals surface area contributed by atoms with Crippen LogP contribution >= 0.6 is 0 Å². The largest absolute Gasteiger partial charge is 0.477 e. The summed E-state index contributed by atoms with van der Waals surface area (Å²) in [5.74, 6) is -0.883. The van der Waals surface area contributed by atoms with Crippen LogP contribution in [0.2, 0.25) is 0 Å². The highest BCUT2D eigenvalue weighted by Crippen LogP contribution is 2.30. The molecule has 2 rings (SSSR count). The van der Waals surface area contributed by atoms with E-state index in [4.69, 9.17) is 9.94 Å². The number of hydrogen-bond donors (Lipinski definition) is 1. The highest BCUT2D eigenvalue weighted by molar-refractivity contribution is 6.36. The summed E-state index contributed by atoms with van der Waals surface area (Å²) in [6, 6.07) is 0. The third-order valence-corrected chi connectivity index (χ3v) is 3.06. The van der Waals surface area contributed by atoms with E-state index in [0.29, 0.717) is 0 Å². The first-order chi connectivity index (χ1) is 6.79. The number of rotatable bonds is 1. The van der Waals surface area contributed by atoms with Gasteiger partial charge in [0.25, 0.3) is 0 Å². The maximum Gasteiger partial charge on any atom is 0.354 e. The molecule has 2 atom stereocenters. The predicted octanol–water partition coefficient (Wildman–Crippen LogP) is 1.80. The van der Waals surface area contributed by atoms with Crippen LogP contribution in [0.25, 0.3) is 0 Å². The van der Waals surface area contributed by atoms with Crippen LogP contribution in [0.5, 0.6) is 0 Å². The highest BCUT2D eigenvalue weighted by Gasteiger charge is 2.37. The van der Waals surface area contributed by atoms with Gasteiger partial charge in [0.15, 0.2) is 5.71 Å². The number of aliphatic carboxylic acids is 1. The van der Waals surface area contributed by atoms with E-state index in [1.165, 1.54) is 12.8 Å². The van der Waals surface area contributed by atoms with E-state index in [2.05, 4.69) is 5.16 Å². The van der Waals surface area contributed by atoms with Gasteiger partial charge in [0.05, 0.1) is 5.92 Å². The summed E-state index contributed by atoms with van der Waals surface area (Å²) >= 11 is 0. The molecule has 0 bridgehead atoms. The highest BCUT2D eigenvalue weighted by atomic mass is 16.6. The van der Waals surface area contributed by atoms with Gasteiger partial charge in [-0.1, -0.05) is 24.4 Å². The molecule has 0 aromatic rings. The van der Waals surface area contributed by atoms with Gasteiger partial charge < -0.3 is 9.94 Å². The molecule has 14 heavy (non-hydrogen) atoms. The Labute approximate surface area is 82.9 Å². The second-order valence-corrected chi connectivity index (χ2v) is 4.02. The summed E-state index contributed by atoms with van der Waals surface area (Å²) in [6.45, 7) is 0. The van der Waals surface area contributed by atoms with Gasteiger partial charge in [-0.2, -0.15) is 0 Å². The molecule has 0 aromatic heterocycles. The molecule has 1 heterocycles. The van der Waals surface area contributed by atoms with Crippen LogP contribution in [0.3, 0.4) is 0 Å². The molecule has 0 radical (unpaired) electrons. The van der Waals surface area contributed by atoms with E-state index in [1.54, 1.807) is 0 Å². The minimum atomic E-state index is -0.918. The topological polar surface area (TPSA) is 58.9 Å². The summed E-state index contributed by atoms with van der Waals surface area (Å²) in [7, 11) is 0. The summed E-state index contributed by atoms with van der Waals surface area (Å²) in [6.07, 6.45) is 6.55. The minimum absolute atomic E-state index is 0.0291. The first kappa shape index (κ1) is 9.49. The van der Waals surface area contributed by atoms with Crippen LogP contribution in [-0.4, -0.2) is 22.9 Å². The zero-order valence-electron chi connectivity index (χ0n) is 8.11. The Kier molecular flexibility index (Phi) is 2.70. The monoisotopic (exact) mass is 197 g/mol. The lowest BCUT2D eigenvalue weighted by atomic mass is 9.86. The fourth-order valence-electron chi connectivity index (χ4n) is 2.28. The second-order valence-electron chi connectivity index (χ2n) is 4.02. The molecule has 1 N–H and O–H groups in total. The Morgan fingerprint density at radius 2 is 2.00 bits per heavy atom. The van der Waals surface area contributed by atoms with Crippen LogP contribution in [-0.2, 0) is 9.63 Å². The first-order valence-corrected chi connectivity index (χ1v) is 5.26. The van der Waals surface area contributed by atoms with E-state index < -0.39 is 5.97 Å². The Hall–Kier alpha value is -1.06. The molecular weight excluding hydrogens is 182 g/mol. The third kappa shape index (κ3) is 1.74. The summed E-state index contributed by atoms with van der Waals surface area (Å²) < 4.78 is 0. The molecule has 1 saturated carbocycles. The van der Waals surface area contributed by atoms with Crippen molar-refractivity contribution >= 4 is 11.7 Å². The zero-order valence-corrected chi connectivity index (χ0v) is 8.11. The van der Waals surface area contributed by atoms with Crippen molar-refractivity contribution < 1.29 is 14.7 Å². The molecule has 0 aromatic carbocycles. The standard InChI is InChI=1S/C10H15NO3/c12-10(13)9-7-5-3-1-2-4-6-8(7)14-11-9/h7-8H,1-6H2,(H,12,13)/t7-,8+/m0/s1. The van der Waals surface area contributed by atoms with E-state index in [9.17, 15) is 4.79 Å². The summed E-state index contributed by atoms with van der Waals surface area (Å²) in [5.41, 5.74) is 0.233. The number of hydrogen-bond acceptors (Lipinski definition) is 3. The normalized spacial score (nSPS) is 32.1. The first-order valence-electron chi connectivity index (χ1n) is 5.26. The molecule has 0 amide bonds. The fourth-order valence-corrected chi connectivity index (χ4v) is 2.28. The van der Waals surface area contributed by atoms with Crippen molar-refractivity contribution in [2.45, 2.75) is 44.6 Å². The average molecular weight is 197 g/mol. The van der Waals surface area contributed by atoms with Crippen molar-refractivity contribution in [3.63, 3.8) is 0 Å². The Bertz CT molecular complexity index is 262. The zero-order chi connectivity index (χ0) is 9.97. The predicted molar refractivity (Wildman–Crippen MR) is 51.1 cm³/mol. The van der Waals surface area contributed by atoms with Crippen molar-refractivity contribution in [3.05, 3.63) is 0 Å². The Morgan fingerprint density at radius 1 is 1.29 bits per heavy atom. The van der Waals surface area contributed by atoms with E-state index >= 15 is 0 Å². The van der Waals surface area contributed by atoms with E-state index in [1.807, 2.05) is 0 Å². The van der Waals surface area contributed by atoms with Gasteiger partial charge >= 0.3 is 5.97 Å². The quantitative estimate of drug-likeness (QED) is 0.697. The third-order valence-electron chi connectivity index (χ3n) is 3.06. The average Bonchev–Trinajstić information content (AvgIpc) is 2.47. The van der Waals surface area contributed by atoms with Crippen LogP contribution in [0, 0.1) is 5.92 Å². The van der Waals surface area contributed by atoms with Crippen molar-refractivity contribution in [1.29, 1.82) is 0 Å². The molecule has 78 valence electrons. The van der Waals surface area contributed by atoms with Crippen LogP contribution in [0.1, 0.15) is 38.5 Å². The lowest BCUT2D eigenvalue weighted by Gasteiger charge is -2.20. The van der Waals surface area contributed by atoms with Gasteiger partial charge in [0.2, 0.25) is 0 Å². The van der Waals surface area contributed by atoms with Gasteiger partial charge in [0.1, 0.15) is 6.10 Å². The number of carbonyl (C=O) groups is 1. The second kappa shape index (κ2) is 3.98. The van der Waals surface area contributed by atoms with Gasteiger partial charge in [-0.3, -0.25) is 0 Å². The number of carboxylic acid groups (broad SMARTS) is 1. The SMILES string of the molecule is O=C(O)C1=NO[C@@H]2CCCCCC[C@H]12. The lowest BCUT2D eigenvalue weighted by molar-refractivity contribution is -0.129. The van der Waals surface area contributed by atoms with Gasteiger partial charge in [-0.25, -0.2) is 4.79 Å². The van der Waals surface area contributed by atoms with Crippen LogP contribution < -0.4 is 0 Å². The molecule has 2 aliphatic rings. The van der Waals surface area contributed by atoms with Crippen LogP contribution in [0.4, 0.5) is 0 Å². The summed E-state index contributed by atoms with van der Waals surface area (Å²) in [5, 5.41) is 12.6. The van der Waals surface area contributed by atoms with Crippen molar-refractivity contribution in [2.75, 3.05) is 0 Å². The smallest absolute Gasteiger partial charge is 0.354 e. The van der Waals surface area contributed by atoms with Crippen LogP contribution in [0.15, 0.2) is 5.16 Å². The number of carboxylic acids is 1. The van der Waals surface area contributed by atoms with Gasteiger partial charge in [-0.15, -0.1) is 0 Å². The van der Waals surface area contributed by atoms with E-state index in [-0.39, 0.29) is 17.7 Å². The van der Waals surface area contributed by atoms with Gasteiger partial charge in [0, 0.05) is 0 Å². The van der Waals surface area contributed by atoms with E-state index in [0.717, 1.165) is 25.7 Å². The lowest BCUT2D eigenvalue weighted by Crippen LogP contribution is -2.29. The maximum atomic E-state index is 10.8. The molecule has 1 fully saturated rings. The van der Waals surface area contributed by atoms with Crippen molar-refractivity contribution in [3.8, 4) is 0 Å². The minimum Gasteiger partial charge on any atom is -0.477 e. The molecule has 0 unspecified atom stereocenters. The van der Waals surface area contributed by atoms with Crippen molar-refractivity contribution in [1.82, 2.24) is 0 Å².